The highest BCUT2D eigenvalue weighted by atomic mass is 32.2. The zero-order valence-corrected chi connectivity index (χ0v) is 15.3. The summed E-state index contributed by atoms with van der Waals surface area (Å²) in [5, 5.41) is 3.82. The predicted molar refractivity (Wildman–Crippen MR) is 98.1 cm³/mol. The highest BCUT2D eigenvalue weighted by Crippen LogP contribution is 2.25. The summed E-state index contributed by atoms with van der Waals surface area (Å²) in [7, 11) is -4.08. The van der Waals surface area contributed by atoms with Crippen molar-refractivity contribution in [1.29, 1.82) is 0 Å². The largest absolute Gasteiger partial charge is 0.322 e. The van der Waals surface area contributed by atoms with Crippen molar-refractivity contribution < 1.29 is 22.0 Å². The molecule has 1 heterocycles. The van der Waals surface area contributed by atoms with Gasteiger partial charge in [0.15, 0.2) is 5.13 Å². The number of hydrogen-bond acceptors (Lipinski definition) is 5. The van der Waals surface area contributed by atoms with Gasteiger partial charge in [0.25, 0.3) is 10.0 Å². The van der Waals surface area contributed by atoms with E-state index < -0.39 is 34.1 Å². The van der Waals surface area contributed by atoms with E-state index in [1.165, 1.54) is 18.3 Å². The normalized spacial score (nSPS) is 11.2. The Morgan fingerprint density at radius 2 is 1.89 bits per heavy atom. The van der Waals surface area contributed by atoms with Gasteiger partial charge in [-0.05, 0) is 24.3 Å². The minimum absolute atomic E-state index is 0.0232. The lowest BCUT2D eigenvalue weighted by Gasteiger charge is -2.21. The zero-order valence-electron chi connectivity index (χ0n) is 13.7. The van der Waals surface area contributed by atoms with Crippen LogP contribution in [0.1, 0.15) is 0 Å². The van der Waals surface area contributed by atoms with E-state index in [1.807, 2.05) is 0 Å². The second-order valence-corrected chi connectivity index (χ2v) is 8.05. The fourth-order valence-electron chi connectivity index (χ4n) is 2.23. The molecule has 0 aliphatic rings. The Morgan fingerprint density at radius 3 is 2.56 bits per heavy atom. The molecule has 0 bridgehead atoms. The second kappa shape index (κ2) is 7.80. The summed E-state index contributed by atoms with van der Waals surface area (Å²) in [6.07, 6.45) is 1.40. The van der Waals surface area contributed by atoms with E-state index in [4.69, 9.17) is 0 Å². The van der Waals surface area contributed by atoms with Crippen molar-refractivity contribution in [2.45, 2.75) is 4.90 Å². The molecule has 1 amide bonds. The number of amides is 1. The molecule has 140 valence electrons. The van der Waals surface area contributed by atoms with Crippen LogP contribution in [-0.2, 0) is 14.8 Å². The number of carbonyl (C=O) groups is 1. The average molecular weight is 409 g/mol. The van der Waals surface area contributed by atoms with Gasteiger partial charge in [-0.1, -0.05) is 18.2 Å². The number of carbonyl (C=O) groups excluding carboxylic acids is 1. The highest BCUT2D eigenvalue weighted by molar-refractivity contribution is 7.93. The summed E-state index contributed by atoms with van der Waals surface area (Å²) < 4.78 is 53.6. The van der Waals surface area contributed by atoms with Gasteiger partial charge < -0.3 is 5.32 Å². The van der Waals surface area contributed by atoms with E-state index >= 15 is 0 Å². The van der Waals surface area contributed by atoms with Crippen molar-refractivity contribution in [3.63, 3.8) is 0 Å². The Morgan fingerprint density at radius 1 is 1.15 bits per heavy atom. The third-order valence-corrected chi connectivity index (χ3v) is 6.11. The molecule has 2 aromatic carbocycles. The summed E-state index contributed by atoms with van der Waals surface area (Å²) in [6, 6.07) is 10.1. The molecule has 1 aromatic heterocycles. The average Bonchev–Trinajstić information content (AvgIpc) is 3.17. The first-order chi connectivity index (χ1) is 12.9. The molecule has 6 nitrogen and oxygen atoms in total. The molecule has 10 heteroatoms. The maximum absolute atomic E-state index is 13.7. The van der Waals surface area contributed by atoms with Gasteiger partial charge in [-0.2, -0.15) is 0 Å². The quantitative estimate of drug-likeness (QED) is 0.678. The second-order valence-electron chi connectivity index (χ2n) is 5.31. The van der Waals surface area contributed by atoms with Gasteiger partial charge in [0.1, 0.15) is 18.2 Å². The third kappa shape index (κ3) is 4.29. The van der Waals surface area contributed by atoms with Crippen LogP contribution in [0.5, 0.6) is 0 Å². The zero-order chi connectivity index (χ0) is 19.4. The van der Waals surface area contributed by atoms with Crippen LogP contribution in [0.15, 0.2) is 65.0 Å². The van der Waals surface area contributed by atoms with Gasteiger partial charge in [0.05, 0.1) is 10.6 Å². The molecule has 0 spiro atoms. The Kier molecular flexibility index (Phi) is 5.47. The molecule has 0 aliphatic carbocycles. The van der Waals surface area contributed by atoms with Gasteiger partial charge in [-0.3, -0.25) is 4.79 Å². The van der Waals surface area contributed by atoms with Crippen molar-refractivity contribution in [2.75, 3.05) is 16.2 Å². The number of hydrogen-bond donors (Lipinski definition) is 1. The molecule has 0 unspecified atom stereocenters. The summed E-state index contributed by atoms with van der Waals surface area (Å²) in [4.78, 5) is 16.3. The smallest absolute Gasteiger partial charge is 0.266 e. The van der Waals surface area contributed by atoms with Gasteiger partial charge >= 0.3 is 0 Å². The van der Waals surface area contributed by atoms with E-state index in [0.29, 0.717) is 0 Å². The highest BCUT2D eigenvalue weighted by Gasteiger charge is 2.29. The predicted octanol–water partition coefficient (Wildman–Crippen LogP) is 3.26. The lowest BCUT2D eigenvalue weighted by Crippen LogP contribution is -2.38. The van der Waals surface area contributed by atoms with E-state index in [9.17, 15) is 22.0 Å². The van der Waals surface area contributed by atoms with Gasteiger partial charge in [-0.25, -0.2) is 26.5 Å². The maximum atomic E-state index is 13.7. The van der Waals surface area contributed by atoms with Crippen molar-refractivity contribution in [3.05, 3.63) is 71.7 Å². The topological polar surface area (TPSA) is 79.4 Å². The molecule has 0 saturated carbocycles. The molecule has 0 saturated heterocycles. The Labute approximate surface area is 158 Å². The van der Waals surface area contributed by atoms with Crippen LogP contribution in [-0.4, -0.2) is 25.9 Å². The first-order valence-corrected chi connectivity index (χ1v) is 9.92. The maximum Gasteiger partial charge on any atom is 0.266 e. The third-order valence-electron chi connectivity index (χ3n) is 3.45. The molecule has 0 fully saturated rings. The molecule has 0 aliphatic heterocycles. The Bertz CT molecular complexity index is 1040. The summed E-state index contributed by atoms with van der Waals surface area (Å²) in [5.74, 6) is -2.41. The number of nitrogens with zero attached hydrogens (tertiary/aromatic N) is 2. The molecular weight excluding hydrogens is 396 g/mol. The number of benzene rings is 2. The standard InChI is InChI=1S/C17H13F2N3O3S2/c18-12-6-7-14(19)15(10-12)21-16(23)11-22(17-20-8-9-26-17)27(24,25)13-4-2-1-3-5-13/h1-10H,11H2,(H,21,23). The van der Waals surface area contributed by atoms with E-state index in [2.05, 4.69) is 10.3 Å². The number of sulfonamides is 1. The number of nitrogens with one attached hydrogen (secondary N) is 1. The van der Waals surface area contributed by atoms with E-state index in [1.54, 1.807) is 23.6 Å². The van der Waals surface area contributed by atoms with E-state index in [0.717, 1.165) is 33.8 Å². The Balaban J connectivity index is 1.89. The Hall–Kier alpha value is -2.85. The van der Waals surface area contributed by atoms with Crippen LogP contribution in [0, 0.1) is 11.6 Å². The monoisotopic (exact) mass is 409 g/mol. The minimum atomic E-state index is -4.08. The van der Waals surface area contributed by atoms with Crippen molar-refractivity contribution in [3.8, 4) is 0 Å². The molecule has 1 N–H and O–H groups in total. The van der Waals surface area contributed by atoms with Crippen molar-refractivity contribution in [1.82, 2.24) is 4.98 Å². The SMILES string of the molecule is O=C(CN(c1nccs1)S(=O)(=O)c1ccccc1)Nc1cc(F)ccc1F. The summed E-state index contributed by atoms with van der Waals surface area (Å²) in [6.45, 7) is -0.652. The number of thiazole rings is 1. The minimum Gasteiger partial charge on any atom is -0.322 e. The van der Waals surface area contributed by atoms with Gasteiger partial charge in [0.2, 0.25) is 5.91 Å². The molecular formula is C17H13F2N3O3S2. The van der Waals surface area contributed by atoms with Crippen LogP contribution in [0.4, 0.5) is 19.6 Å². The van der Waals surface area contributed by atoms with Gasteiger partial charge in [0, 0.05) is 17.6 Å². The van der Waals surface area contributed by atoms with Gasteiger partial charge in [-0.15, -0.1) is 11.3 Å². The fourth-order valence-corrected chi connectivity index (χ4v) is 4.49. The molecule has 27 heavy (non-hydrogen) atoms. The molecule has 0 radical (unpaired) electrons. The summed E-state index contributed by atoms with van der Waals surface area (Å²) >= 11 is 1.03. The first kappa shape index (κ1) is 18.9. The van der Waals surface area contributed by atoms with Crippen molar-refractivity contribution >= 4 is 38.1 Å². The number of anilines is 2. The molecule has 3 rings (SSSR count). The fraction of sp³-hybridized carbons (Fsp3) is 0.0588. The lowest BCUT2D eigenvalue weighted by atomic mass is 10.3. The molecule has 0 atom stereocenters. The number of aromatic nitrogens is 1. The van der Waals surface area contributed by atoms with Crippen LogP contribution in [0.2, 0.25) is 0 Å². The van der Waals surface area contributed by atoms with Crippen LogP contribution in [0.3, 0.4) is 0 Å². The number of rotatable bonds is 6. The van der Waals surface area contributed by atoms with Crippen molar-refractivity contribution in [2.24, 2.45) is 0 Å². The lowest BCUT2D eigenvalue weighted by molar-refractivity contribution is -0.114. The molecule has 3 aromatic rings. The van der Waals surface area contributed by atoms with E-state index in [-0.39, 0.29) is 15.7 Å². The summed E-state index contributed by atoms with van der Waals surface area (Å²) in [5.41, 5.74) is -0.379. The van der Waals surface area contributed by atoms with Crippen LogP contribution in [0.25, 0.3) is 0 Å². The first-order valence-electron chi connectivity index (χ1n) is 7.60. The van der Waals surface area contributed by atoms with Crippen LogP contribution < -0.4 is 9.62 Å². The van der Waals surface area contributed by atoms with Crippen LogP contribution >= 0.6 is 11.3 Å². The number of halogens is 2.